The summed E-state index contributed by atoms with van der Waals surface area (Å²) in [5, 5.41) is 4.89. The molecular weight excluding hydrogens is 324 g/mol. The molecule has 0 aliphatic rings. The van der Waals surface area contributed by atoms with Crippen LogP contribution in [-0.4, -0.2) is 24.5 Å². The molecule has 0 fully saturated rings. The van der Waals surface area contributed by atoms with Crippen molar-refractivity contribution < 1.29 is 13.9 Å². The summed E-state index contributed by atoms with van der Waals surface area (Å²) in [5.41, 5.74) is 1.44. The van der Waals surface area contributed by atoms with Crippen LogP contribution < -0.4 is 10.1 Å². The monoisotopic (exact) mass is 342 g/mol. The third-order valence-electron chi connectivity index (χ3n) is 3.60. The Morgan fingerprint density at radius 1 is 1.33 bits per heavy atom. The van der Waals surface area contributed by atoms with E-state index in [0.29, 0.717) is 30.2 Å². The molecule has 0 unspecified atom stereocenters. The SMILES string of the molecule is COc1cccc(C(=O)NCCc2nc(-c3cccs3)oc2C)c1. The minimum absolute atomic E-state index is 0.131. The fraction of sp³-hybridized carbons (Fsp3) is 0.222. The Balaban J connectivity index is 1.59. The Labute approximate surface area is 144 Å². The highest BCUT2D eigenvalue weighted by molar-refractivity contribution is 7.13. The van der Waals surface area contributed by atoms with Gasteiger partial charge in [0, 0.05) is 18.5 Å². The van der Waals surface area contributed by atoms with Crippen LogP contribution in [0.5, 0.6) is 5.75 Å². The highest BCUT2D eigenvalue weighted by Gasteiger charge is 2.13. The second-order valence-electron chi connectivity index (χ2n) is 5.24. The standard InChI is InChI=1S/C18H18N2O3S/c1-12-15(20-18(23-12)16-7-4-10-24-16)8-9-19-17(21)13-5-3-6-14(11-13)22-2/h3-7,10-11H,8-9H2,1-2H3,(H,19,21). The summed E-state index contributed by atoms with van der Waals surface area (Å²) in [6, 6.07) is 11.0. The van der Waals surface area contributed by atoms with Gasteiger partial charge in [-0.3, -0.25) is 4.79 Å². The van der Waals surface area contributed by atoms with Crippen LogP contribution in [0.25, 0.3) is 10.8 Å². The van der Waals surface area contributed by atoms with Crippen LogP contribution in [0.4, 0.5) is 0 Å². The van der Waals surface area contributed by atoms with Crippen LogP contribution in [0.3, 0.4) is 0 Å². The van der Waals surface area contributed by atoms with Gasteiger partial charge in [-0.15, -0.1) is 11.3 Å². The number of aromatic nitrogens is 1. The molecular formula is C18H18N2O3S. The number of amides is 1. The van der Waals surface area contributed by atoms with Crippen molar-refractivity contribution in [1.29, 1.82) is 0 Å². The predicted molar refractivity (Wildman–Crippen MR) is 93.6 cm³/mol. The third kappa shape index (κ3) is 3.65. The molecule has 6 heteroatoms. The maximum absolute atomic E-state index is 12.2. The molecule has 0 bridgehead atoms. The zero-order valence-electron chi connectivity index (χ0n) is 13.5. The molecule has 2 aromatic heterocycles. The van der Waals surface area contributed by atoms with Crippen LogP contribution in [-0.2, 0) is 6.42 Å². The molecule has 1 N–H and O–H groups in total. The Kier molecular flexibility index (Phi) is 4.96. The molecule has 3 aromatic rings. The second-order valence-corrected chi connectivity index (χ2v) is 6.18. The Bertz CT molecular complexity index is 825. The molecule has 1 amide bonds. The minimum atomic E-state index is -0.131. The van der Waals surface area contributed by atoms with E-state index in [2.05, 4.69) is 10.3 Å². The summed E-state index contributed by atoms with van der Waals surface area (Å²) in [7, 11) is 1.58. The number of aryl methyl sites for hydroxylation is 1. The minimum Gasteiger partial charge on any atom is -0.497 e. The molecule has 24 heavy (non-hydrogen) atoms. The fourth-order valence-corrected chi connectivity index (χ4v) is 2.98. The molecule has 0 saturated heterocycles. The first-order valence-electron chi connectivity index (χ1n) is 7.60. The zero-order valence-corrected chi connectivity index (χ0v) is 14.4. The summed E-state index contributed by atoms with van der Waals surface area (Å²) in [5.74, 6) is 1.95. The quantitative estimate of drug-likeness (QED) is 0.742. The van der Waals surface area contributed by atoms with Crippen LogP contribution in [0, 0.1) is 6.92 Å². The average molecular weight is 342 g/mol. The number of carbonyl (C=O) groups is 1. The number of benzene rings is 1. The van der Waals surface area contributed by atoms with Gasteiger partial charge in [0.1, 0.15) is 11.5 Å². The maximum atomic E-state index is 12.2. The fourth-order valence-electron chi connectivity index (χ4n) is 2.33. The van der Waals surface area contributed by atoms with Gasteiger partial charge in [0.15, 0.2) is 0 Å². The summed E-state index contributed by atoms with van der Waals surface area (Å²) >= 11 is 1.59. The van der Waals surface area contributed by atoms with Crippen molar-refractivity contribution in [1.82, 2.24) is 10.3 Å². The third-order valence-corrected chi connectivity index (χ3v) is 4.46. The van der Waals surface area contributed by atoms with Crippen LogP contribution >= 0.6 is 11.3 Å². The van der Waals surface area contributed by atoms with Gasteiger partial charge in [0.2, 0.25) is 5.89 Å². The Morgan fingerprint density at radius 3 is 2.96 bits per heavy atom. The first-order valence-corrected chi connectivity index (χ1v) is 8.48. The number of ether oxygens (including phenoxy) is 1. The van der Waals surface area contributed by atoms with Gasteiger partial charge in [-0.1, -0.05) is 12.1 Å². The summed E-state index contributed by atoms with van der Waals surface area (Å²) in [6.07, 6.45) is 0.621. The van der Waals surface area contributed by atoms with Crippen LogP contribution in [0.1, 0.15) is 21.8 Å². The average Bonchev–Trinajstić information content (AvgIpc) is 3.25. The van der Waals surface area contributed by atoms with Crippen molar-refractivity contribution in [2.45, 2.75) is 13.3 Å². The number of carbonyl (C=O) groups excluding carboxylic acids is 1. The van der Waals surface area contributed by atoms with Gasteiger partial charge in [0.25, 0.3) is 5.91 Å². The van der Waals surface area contributed by atoms with Crippen LogP contribution in [0.2, 0.25) is 0 Å². The molecule has 0 saturated carbocycles. The molecule has 5 nitrogen and oxygen atoms in total. The smallest absolute Gasteiger partial charge is 0.251 e. The van der Waals surface area contributed by atoms with Gasteiger partial charge in [-0.2, -0.15) is 0 Å². The Morgan fingerprint density at radius 2 is 2.21 bits per heavy atom. The molecule has 3 rings (SSSR count). The van der Waals surface area contributed by atoms with Gasteiger partial charge < -0.3 is 14.5 Å². The molecule has 2 heterocycles. The van der Waals surface area contributed by atoms with E-state index in [9.17, 15) is 4.79 Å². The molecule has 0 spiro atoms. The Hall–Kier alpha value is -2.60. The molecule has 0 aliphatic carbocycles. The van der Waals surface area contributed by atoms with E-state index in [-0.39, 0.29) is 5.91 Å². The predicted octanol–water partition coefficient (Wildman–Crippen LogP) is 3.69. The normalized spacial score (nSPS) is 10.6. The number of thiophene rings is 1. The van der Waals surface area contributed by atoms with E-state index in [1.54, 1.807) is 36.6 Å². The van der Waals surface area contributed by atoms with Crippen molar-refractivity contribution in [3.05, 3.63) is 58.8 Å². The van der Waals surface area contributed by atoms with Crippen molar-refractivity contribution in [3.8, 4) is 16.5 Å². The largest absolute Gasteiger partial charge is 0.497 e. The van der Waals surface area contributed by atoms with Gasteiger partial charge in [-0.25, -0.2) is 4.98 Å². The lowest BCUT2D eigenvalue weighted by atomic mass is 10.2. The number of nitrogens with zero attached hydrogens (tertiary/aromatic N) is 1. The number of methoxy groups -OCH3 is 1. The second kappa shape index (κ2) is 7.31. The summed E-state index contributed by atoms with van der Waals surface area (Å²) < 4.78 is 10.8. The van der Waals surface area contributed by atoms with Crippen molar-refractivity contribution in [2.75, 3.05) is 13.7 Å². The number of oxazole rings is 1. The van der Waals surface area contributed by atoms with E-state index in [0.717, 1.165) is 16.3 Å². The van der Waals surface area contributed by atoms with Gasteiger partial charge in [0.05, 0.1) is 17.7 Å². The molecule has 0 radical (unpaired) electrons. The van der Waals surface area contributed by atoms with E-state index < -0.39 is 0 Å². The maximum Gasteiger partial charge on any atom is 0.251 e. The van der Waals surface area contributed by atoms with E-state index in [1.165, 1.54) is 0 Å². The molecule has 0 aliphatic heterocycles. The van der Waals surface area contributed by atoms with Crippen molar-refractivity contribution in [3.63, 3.8) is 0 Å². The van der Waals surface area contributed by atoms with Crippen molar-refractivity contribution >= 4 is 17.2 Å². The lowest BCUT2D eigenvalue weighted by Crippen LogP contribution is -2.25. The summed E-state index contributed by atoms with van der Waals surface area (Å²) in [6.45, 7) is 2.39. The lowest BCUT2D eigenvalue weighted by molar-refractivity contribution is 0.0953. The molecule has 124 valence electrons. The first-order chi connectivity index (χ1) is 11.7. The van der Waals surface area contributed by atoms with E-state index >= 15 is 0 Å². The van der Waals surface area contributed by atoms with Crippen molar-refractivity contribution in [2.24, 2.45) is 0 Å². The first kappa shape index (κ1) is 16.3. The van der Waals surface area contributed by atoms with Crippen LogP contribution in [0.15, 0.2) is 46.2 Å². The topological polar surface area (TPSA) is 64.4 Å². The molecule has 0 atom stereocenters. The zero-order chi connectivity index (χ0) is 16.9. The highest BCUT2D eigenvalue weighted by atomic mass is 32.1. The van der Waals surface area contributed by atoms with E-state index in [1.807, 2.05) is 30.5 Å². The molecule has 1 aromatic carbocycles. The summed E-state index contributed by atoms with van der Waals surface area (Å²) in [4.78, 5) is 17.7. The van der Waals surface area contributed by atoms with E-state index in [4.69, 9.17) is 9.15 Å². The number of hydrogen-bond donors (Lipinski definition) is 1. The lowest BCUT2D eigenvalue weighted by Gasteiger charge is -2.06. The number of rotatable bonds is 6. The highest BCUT2D eigenvalue weighted by Crippen LogP contribution is 2.25. The number of nitrogens with one attached hydrogen (secondary N) is 1. The van der Waals surface area contributed by atoms with Gasteiger partial charge >= 0.3 is 0 Å². The number of hydrogen-bond acceptors (Lipinski definition) is 5. The van der Waals surface area contributed by atoms with Gasteiger partial charge in [-0.05, 0) is 36.6 Å².